The molecule has 0 aliphatic heterocycles. The fourth-order valence-corrected chi connectivity index (χ4v) is 3.17. The van der Waals surface area contributed by atoms with Gasteiger partial charge in [-0.3, -0.25) is 4.79 Å². The Labute approximate surface area is 162 Å². The van der Waals surface area contributed by atoms with Gasteiger partial charge in [-0.25, -0.2) is 0 Å². The smallest absolute Gasteiger partial charge is 0.185 e. The van der Waals surface area contributed by atoms with Gasteiger partial charge >= 0.3 is 0 Å². The Morgan fingerprint density at radius 3 is 2.41 bits per heavy atom. The first kappa shape index (κ1) is 21.1. The van der Waals surface area contributed by atoms with Gasteiger partial charge in [-0.15, -0.1) is 0 Å². The van der Waals surface area contributed by atoms with Gasteiger partial charge in [-0.05, 0) is 37.6 Å². The van der Waals surface area contributed by atoms with Gasteiger partial charge in [0.05, 0.1) is 6.61 Å². The minimum atomic E-state index is -1.29. The van der Waals surface area contributed by atoms with Crippen molar-refractivity contribution in [1.82, 2.24) is 0 Å². The van der Waals surface area contributed by atoms with Gasteiger partial charge in [0, 0.05) is 17.6 Å². The second-order valence-corrected chi connectivity index (χ2v) is 7.56. The number of benzene rings is 1. The predicted octanol–water partition coefficient (Wildman–Crippen LogP) is 4.47. The van der Waals surface area contributed by atoms with Crippen molar-refractivity contribution < 1.29 is 19.4 Å². The highest BCUT2D eigenvalue weighted by molar-refractivity contribution is 6.04. The molecule has 0 spiro atoms. The normalized spacial score (nSPS) is 23.1. The van der Waals surface area contributed by atoms with Gasteiger partial charge in [0.1, 0.15) is 11.9 Å². The molecule has 4 nitrogen and oxygen atoms in total. The summed E-state index contributed by atoms with van der Waals surface area (Å²) >= 11 is 0. The molecule has 0 saturated heterocycles. The summed E-state index contributed by atoms with van der Waals surface area (Å²) in [7, 11) is 0. The van der Waals surface area contributed by atoms with E-state index in [4.69, 9.17) is 9.47 Å². The van der Waals surface area contributed by atoms with Crippen molar-refractivity contribution in [3.05, 3.63) is 71.5 Å². The lowest BCUT2D eigenvalue weighted by atomic mass is 9.69. The molecule has 0 bridgehead atoms. The monoisotopic (exact) mass is 370 g/mol. The SMILES string of the molecule is CCOC1=CC(C=CC(=O)c2ccccc2)=CC(OCC)C1(O)C(C)(C)C. The molecule has 4 heteroatoms. The second-order valence-electron chi connectivity index (χ2n) is 7.56. The van der Waals surface area contributed by atoms with Crippen LogP contribution in [0.15, 0.2) is 66.0 Å². The number of ether oxygens (including phenoxy) is 2. The molecular formula is C23H30O4. The Morgan fingerprint density at radius 1 is 1.19 bits per heavy atom. The van der Waals surface area contributed by atoms with E-state index in [9.17, 15) is 9.90 Å². The van der Waals surface area contributed by atoms with Crippen molar-refractivity contribution in [2.45, 2.75) is 46.3 Å². The van der Waals surface area contributed by atoms with Crippen LogP contribution < -0.4 is 0 Å². The predicted molar refractivity (Wildman–Crippen MR) is 108 cm³/mol. The summed E-state index contributed by atoms with van der Waals surface area (Å²) in [4.78, 5) is 12.3. The van der Waals surface area contributed by atoms with E-state index in [1.807, 2.05) is 58.9 Å². The molecule has 0 saturated carbocycles. The van der Waals surface area contributed by atoms with Crippen LogP contribution in [0.4, 0.5) is 0 Å². The maximum atomic E-state index is 12.3. The summed E-state index contributed by atoms with van der Waals surface area (Å²) in [6.07, 6.45) is 6.35. The van der Waals surface area contributed by atoms with E-state index in [2.05, 4.69) is 0 Å². The molecule has 1 N–H and O–H groups in total. The molecule has 0 heterocycles. The fraction of sp³-hybridized carbons (Fsp3) is 0.435. The number of aliphatic hydroxyl groups is 1. The van der Waals surface area contributed by atoms with Crippen LogP contribution in [0.3, 0.4) is 0 Å². The first-order chi connectivity index (χ1) is 12.7. The van der Waals surface area contributed by atoms with Crippen LogP contribution >= 0.6 is 0 Å². The van der Waals surface area contributed by atoms with Crippen LogP contribution in [-0.2, 0) is 9.47 Å². The van der Waals surface area contributed by atoms with E-state index >= 15 is 0 Å². The van der Waals surface area contributed by atoms with Gasteiger partial charge in [0.15, 0.2) is 11.4 Å². The number of hydrogen-bond donors (Lipinski definition) is 1. The summed E-state index contributed by atoms with van der Waals surface area (Å²) in [6, 6.07) is 9.11. The molecule has 146 valence electrons. The number of hydrogen-bond acceptors (Lipinski definition) is 4. The maximum absolute atomic E-state index is 12.3. The average molecular weight is 370 g/mol. The Hall–Kier alpha value is -2.17. The Morgan fingerprint density at radius 2 is 1.85 bits per heavy atom. The molecule has 1 aromatic carbocycles. The fourth-order valence-electron chi connectivity index (χ4n) is 3.17. The topological polar surface area (TPSA) is 55.8 Å². The zero-order chi connectivity index (χ0) is 20.1. The van der Waals surface area contributed by atoms with Crippen LogP contribution in [0.25, 0.3) is 0 Å². The van der Waals surface area contributed by atoms with E-state index in [0.717, 1.165) is 5.57 Å². The molecule has 2 atom stereocenters. The summed E-state index contributed by atoms with van der Waals surface area (Å²) < 4.78 is 11.7. The summed E-state index contributed by atoms with van der Waals surface area (Å²) in [5, 5.41) is 11.5. The Kier molecular flexibility index (Phi) is 6.79. The quantitative estimate of drug-likeness (QED) is 0.568. The van der Waals surface area contributed by atoms with E-state index in [-0.39, 0.29) is 5.78 Å². The third-order valence-corrected chi connectivity index (χ3v) is 4.70. The first-order valence-corrected chi connectivity index (χ1v) is 9.42. The van der Waals surface area contributed by atoms with Gasteiger partial charge in [-0.1, -0.05) is 57.2 Å². The lowest BCUT2D eigenvalue weighted by Gasteiger charge is -2.46. The van der Waals surface area contributed by atoms with Crippen molar-refractivity contribution in [2.75, 3.05) is 13.2 Å². The van der Waals surface area contributed by atoms with Gasteiger partial charge in [0.2, 0.25) is 0 Å². The van der Waals surface area contributed by atoms with Gasteiger partial charge < -0.3 is 14.6 Å². The van der Waals surface area contributed by atoms with E-state index in [0.29, 0.717) is 24.5 Å². The van der Waals surface area contributed by atoms with Crippen molar-refractivity contribution in [2.24, 2.45) is 5.41 Å². The van der Waals surface area contributed by atoms with E-state index in [1.54, 1.807) is 24.3 Å². The molecule has 0 aromatic heterocycles. The van der Waals surface area contributed by atoms with E-state index in [1.165, 1.54) is 6.08 Å². The molecule has 2 unspecified atom stereocenters. The van der Waals surface area contributed by atoms with Crippen molar-refractivity contribution in [3.63, 3.8) is 0 Å². The highest BCUT2D eigenvalue weighted by Crippen LogP contribution is 2.44. The van der Waals surface area contributed by atoms with Crippen LogP contribution in [0, 0.1) is 5.41 Å². The zero-order valence-electron chi connectivity index (χ0n) is 16.9. The summed E-state index contributed by atoms with van der Waals surface area (Å²) in [6.45, 7) is 10.5. The number of carbonyl (C=O) groups excluding carboxylic acids is 1. The summed E-state index contributed by atoms with van der Waals surface area (Å²) in [5.41, 5.74) is -0.388. The van der Waals surface area contributed by atoms with Crippen LogP contribution in [-0.4, -0.2) is 35.8 Å². The van der Waals surface area contributed by atoms with Crippen molar-refractivity contribution in [3.8, 4) is 0 Å². The van der Waals surface area contributed by atoms with Crippen molar-refractivity contribution in [1.29, 1.82) is 0 Å². The largest absolute Gasteiger partial charge is 0.495 e. The van der Waals surface area contributed by atoms with E-state index < -0.39 is 17.1 Å². The molecule has 2 rings (SSSR count). The van der Waals surface area contributed by atoms with Gasteiger partial charge in [0.25, 0.3) is 0 Å². The molecule has 1 aliphatic rings. The van der Waals surface area contributed by atoms with Crippen LogP contribution in [0.1, 0.15) is 45.0 Å². The van der Waals surface area contributed by atoms with Crippen LogP contribution in [0.5, 0.6) is 0 Å². The summed E-state index contributed by atoms with van der Waals surface area (Å²) in [5.74, 6) is 0.387. The lowest BCUT2D eigenvalue weighted by molar-refractivity contribution is -0.146. The Bertz CT molecular complexity index is 737. The minimum absolute atomic E-state index is 0.0764. The molecule has 1 aromatic rings. The average Bonchev–Trinajstić information content (AvgIpc) is 2.63. The minimum Gasteiger partial charge on any atom is -0.495 e. The third kappa shape index (κ3) is 4.57. The van der Waals surface area contributed by atoms with Crippen molar-refractivity contribution >= 4 is 5.78 Å². The van der Waals surface area contributed by atoms with Gasteiger partial charge in [-0.2, -0.15) is 0 Å². The molecule has 27 heavy (non-hydrogen) atoms. The zero-order valence-corrected chi connectivity index (χ0v) is 16.9. The standard InChI is InChI=1S/C23H30O4/c1-6-26-20-15-17(13-14-19(24)18-11-9-8-10-12-18)16-21(27-7-2)23(20,25)22(3,4)5/h8-16,20,25H,6-7H2,1-5H3. The highest BCUT2D eigenvalue weighted by atomic mass is 16.5. The molecular weight excluding hydrogens is 340 g/mol. The molecule has 0 amide bonds. The molecule has 0 radical (unpaired) electrons. The molecule has 1 aliphatic carbocycles. The number of ketones is 1. The first-order valence-electron chi connectivity index (χ1n) is 9.42. The van der Waals surface area contributed by atoms with Crippen LogP contribution in [0.2, 0.25) is 0 Å². The molecule has 0 fully saturated rings. The second kappa shape index (κ2) is 8.68. The highest BCUT2D eigenvalue weighted by Gasteiger charge is 2.52. The third-order valence-electron chi connectivity index (χ3n) is 4.70. The number of rotatable bonds is 7. The lowest BCUT2D eigenvalue weighted by Crippen LogP contribution is -2.56. The number of carbonyl (C=O) groups is 1. The Balaban J connectivity index is 2.38. The maximum Gasteiger partial charge on any atom is 0.185 e. The number of allylic oxidation sites excluding steroid dienone is 4.